The van der Waals surface area contributed by atoms with Crippen molar-refractivity contribution in [2.75, 3.05) is 23.3 Å². The van der Waals surface area contributed by atoms with E-state index >= 15 is 4.39 Å². The molecule has 248 valence electrons. The lowest BCUT2D eigenvalue weighted by molar-refractivity contribution is 0.0238. The number of hydrogen-bond acceptors (Lipinski definition) is 8. The van der Waals surface area contributed by atoms with Crippen molar-refractivity contribution in [2.45, 2.75) is 51.2 Å². The maximum absolute atomic E-state index is 15.6. The molecule has 2 amide bonds. The van der Waals surface area contributed by atoms with Crippen LogP contribution in [0, 0.1) is 12.7 Å². The minimum atomic E-state index is -4.07. The first kappa shape index (κ1) is 32.6. The number of anilines is 2. The first-order chi connectivity index (χ1) is 22.7. The van der Waals surface area contributed by atoms with Crippen molar-refractivity contribution in [1.82, 2.24) is 18.8 Å². The Morgan fingerprint density at radius 1 is 1.02 bits per heavy atom. The fraction of sp³-hybridized carbons (Fsp3) is 0.257. The van der Waals surface area contributed by atoms with Gasteiger partial charge in [-0.2, -0.15) is 0 Å². The molecule has 3 heterocycles. The van der Waals surface area contributed by atoms with E-state index < -0.39 is 33.4 Å². The van der Waals surface area contributed by atoms with Gasteiger partial charge in [-0.05, 0) is 77.1 Å². The number of aryl methyl sites for hydroxylation is 1. The Morgan fingerprint density at radius 2 is 1.71 bits per heavy atom. The maximum Gasteiger partial charge on any atom is 0.414 e. The van der Waals surface area contributed by atoms with Gasteiger partial charge in [0.1, 0.15) is 22.2 Å². The fourth-order valence-corrected chi connectivity index (χ4v) is 7.62. The lowest BCUT2D eigenvalue weighted by atomic mass is 10.1. The second kappa shape index (κ2) is 12.1. The Balaban J connectivity index is 1.28. The summed E-state index contributed by atoms with van der Waals surface area (Å²) in [6, 6.07) is 15.1. The van der Waals surface area contributed by atoms with E-state index in [9.17, 15) is 18.0 Å². The highest BCUT2D eigenvalue weighted by Crippen LogP contribution is 2.33. The van der Waals surface area contributed by atoms with Crippen molar-refractivity contribution in [1.29, 1.82) is 0 Å². The van der Waals surface area contributed by atoms with E-state index in [0.717, 1.165) is 10.0 Å². The number of nitrogens with one attached hydrogen (secondary N) is 1. The molecule has 1 atom stereocenters. The van der Waals surface area contributed by atoms with Crippen molar-refractivity contribution in [3.8, 4) is 0 Å². The number of aromatic nitrogens is 3. The van der Waals surface area contributed by atoms with Gasteiger partial charge in [0.2, 0.25) is 0 Å². The third-order valence-corrected chi connectivity index (χ3v) is 9.76. The van der Waals surface area contributed by atoms with E-state index in [0.29, 0.717) is 46.6 Å². The number of hydrogen-bond donors (Lipinski definition) is 1. The highest BCUT2D eigenvalue weighted by atomic mass is 32.2. The quantitative estimate of drug-likeness (QED) is 0.225. The Bertz CT molecular complexity index is 2210. The molecular weight excluding hydrogens is 635 g/mol. The fourth-order valence-electron chi connectivity index (χ4n) is 6.04. The number of benzene rings is 3. The van der Waals surface area contributed by atoms with E-state index in [2.05, 4.69) is 21.9 Å². The Morgan fingerprint density at radius 3 is 2.38 bits per heavy atom. The topological polar surface area (TPSA) is 127 Å². The third-order valence-electron chi connectivity index (χ3n) is 7.94. The molecule has 48 heavy (non-hydrogen) atoms. The first-order valence-corrected chi connectivity index (χ1v) is 16.7. The van der Waals surface area contributed by atoms with Crippen LogP contribution in [-0.2, 0) is 14.8 Å². The van der Waals surface area contributed by atoms with Gasteiger partial charge in [-0.3, -0.25) is 19.7 Å². The number of carbonyl (C=O) groups is 2. The van der Waals surface area contributed by atoms with Crippen LogP contribution in [0.15, 0.2) is 90.2 Å². The smallest absolute Gasteiger partial charge is 0.414 e. The highest BCUT2D eigenvalue weighted by Gasteiger charge is 2.34. The molecule has 2 aromatic heterocycles. The zero-order chi connectivity index (χ0) is 34.5. The van der Waals surface area contributed by atoms with Crippen molar-refractivity contribution in [3.05, 3.63) is 102 Å². The Labute approximate surface area is 277 Å². The van der Waals surface area contributed by atoms with Crippen LogP contribution in [0.2, 0.25) is 0 Å². The second-order valence-corrected chi connectivity index (χ2v) is 14.5. The number of amides is 2. The van der Waals surface area contributed by atoms with Crippen LogP contribution >= 0.6 is 0 Å². The van der Waals surface area contributed by atoms with Gasteiger partial charge in [-0.1, -0.05) is 24.8 Å². The van der Waals surface area contributed by atoms with Gasteiger partial charge < -0.3 is 15.0 Å². The molecule has 5 aromatic rings. The Hall–Kier alpha value is -5.30. The zero-order valence-electron chi connectivity index (χ0n) is 27.2. The summed E-state index contributed by atoms with van der Waals surface area (Å²) in [6.07, 6.45) is 2.55. The largest absolute Gasteiger partial charge is 0.443 e. The molecule has 11 nitrogen and oxygen atoms in total. The van der Waals surface area contributed by atoms with E-state index in [-0.39, 0.29) is 27.7 Å². The number of fused-ring (bicyclic) bond motifs is 2. The lowest BCUT2D eigenvalue weighted by Gasteiger charge is -2.42. The van der Waals surface area contributed by atoms with Crippen LogP contribution in [0.1, 0.15) is 43.7 Å². The molecule has 1 saturated heterocycles. The molecule has 0 spiro atoms. The summed E-state index contributed by atoms with van der Waals surface area (Å²) >= 11 is 0. The summed E-state index contributed by atoms with van der Waals surface area (Å²) in [6.45, 7) is 13.8. The number of carbonyl (C=O) groups excluding carboxylic acids is 2. The zero-order valence-corrected chi connectivity index (χ0v) is 28.0. The normalized spacial score (nSPS) is 15.6. The van der Waals surface area contributed by atoms with Gasteiger partial charge in [-0.15, -0.1) is 0 Å². The van der Waals surface area contributed by atoms with Gasteiger partial charge >= 0.3 is 6.09 Å². The molecule has 1 fully saturated rings. The molecule has 3 aromatic carbocycles. The number of halogens is 1. The number of rotatable bonds is 5. The Kier molecular flexibility index (Phi) is 8.20. The summed E-state index contributed by atoms with van der Waals surface area (Å²) in [5.74, 6) is -1.36. The van der Waals surface area contributed by atoms with Gasteiger partial charge in [0.25, 0.3) is 15.9 Å². The lowest BCUT2D eigenvalue weighted by Crippen LogP contribution is -2.53. The minimum Gasteiger partial charge on any atom is -0.443 e. The van der Waals surface area contributed by atoms with Gasteiger partial charge in [0.15, 0.2) is 5.82 Å². The summed E-state index contributed by atoms with van der Waals surface area (Å²) in [4.78, 5) is 39.1. The molecule has 0 aliphatic carbocycles. The van der Waals surface area contributed by atoms with Gasteiger partial charge in [0.05, 0.1) is 28.7 Å². The molecule has 1 N–H and O–H groups in total. The third kappa shape index (κ3) is 5.97. The van der Waals surface area contributed by atoms with Crippen LogP contribution in [0.5, 0.6) is 0 Å². The molecule has 0 bridgehead atoms. The van der Waals surface area contributed by atoms with Crippen molar-refractivity contribution < 1.29 is 27.1 Å². The van der Waals surface area contributed by atoms with E-state index in [4.69, 9.17) is 4.74 Å². The molecule has 0 unspecified atom stereocenters. The molecule has 1 aliphatic heterocycles. The maximum atomic E-state index is 15.6. The molecule has 6 rings (SSSR count). The van der Waals surface area contributed by atoms with Crippen molar-refractivity contribution in [3.63, 3.8) is 0 Å². The summed E-state index contributed by atoms with van der Waals surface area (Å²) < 4.78 is 49.0. The predicted molar refractivity (Wildman–Crippen MR) is 182 cm³/mol. The van der Waals surface area contributed by atoms with Crippen LogP contribution in [0.25, 0.3) is 21.9 Å². The van der Waals surface area contributed by atoms with E-state index in [1.807, 2.05) is 32.6 Å². The molecule has 0 radical (unpaired) electrons. The van der Waals surface area contributed by atoms with Crippen LogP contribution < -0.4 is 10.2 Å². The highest BCUT2D eigenvalue weighted by molar-refractivity contribution is 7.90. The minimum absolute atomic E-state index is 0.0301. The van der Waals surface area contributed by atoms with Crippen LogP contribution in [0.4, 0.5) is 20.6 Å². The monoisotopic (exact) mass is 670 g/mol. The average molecular weight is 671 g/mol. The summed E-state index contributed by atoms with van der Waals surface area (Å²) in [5.41, 5.74) is 1.96. The van der Waals surface area contributed by atoms with E-state index in [1.54, 1.807) is 48.2 Å². The van der Waals surface area contributed by atoms with Crippen molar-refractivity contribution in [2.24, 2.45) is 0 Å². The number of nitrogens with zero attached hydrogens (tertiary/aromatic N) is 5. The average Bonchev–Trinajstić information content (AvgIpc) is 3.36. The second-order valence-electron chi connectivity index (χ2n) is 12.8. The number of ether oxygens (including phenoxy) is 1. The van der Waals surface area contributed by atoms with Crippen LogP contribution in [-0.4, -0.2) is 64.0 Å². The van der Waals surface area contributed by atoms with Gasteiger partial charge in [0, 0.05) is 41.4 Å². The first-order valence-electron chi connectivity index (χ1n) is 15.3. The van der Waals surface area contributed by atoms with Crippen LogP contribution in [0.3, 0.4) is 0 Å². The standard InChI is InChI=1S/C35H35FN6O5S/c1-21-16-24-17-25(18-28(36)32(24)42(21)48(45,46)26-10-8-7-9-11-26)39-33(43)27-12-13-29(31-30(27)37-14-15-38-31)40-19-22(2)41(23(3)20-40)34(44)47-35(4,5)6/h7-18,23H,2,19-20H2,1,3-6H3,(H,39,43)/t23-/m0/s1. The van der Waals surface area contributed by atoms with Gasteiger partial charge in [-0.25, -0.2) is 21.6 Å². The van der Waals surface area contributed by atoms with Crippen molar-refractivity contribution >= 4 is 55.3 Å². The molecular formula is C35H35FN6O5S. The molecule has 0 saturated carbocycles. The molecule has 1 aliphatic rings. The van der Waals surface area contributed by atoms with E-state index in [1.165, 1.54) is 30.6 Å². The summed E-state index contributed by atoms with van der Waals surface area (Å²) in [7, 11) is -4.07. The SMILES string of the molecule is C=C1CN(c2ccc(C(=O)Nc3cc(F)c4c(c3)cc(C)n4S(=O)(=O)c3ccccc3)c3nccnc23)C[C@H](C)N1C(=O)OC(C)(C)C. The summed E-state index contributed by atoms with van der Waals surface area (Å²) in [5, 5.41) is 3.05. The molecule has 13 heteroatoms. The predicted octanol–water partition coefficient (Wildman–Crippen LogP) is 6.48. The number of piperazine rings is 1.